The minimum atomic E-state index is 0.144. The monoisotopic (exact) mass is 314 g/mol. The molecule has 1 aliphatic rings. The topological polar surface area (TPSA) is 32.3 Å². The van der Waals surface area contributed by atoms with Gasteiger partial charge in [0.2, 0.25) is 5.91 Å². The van der Waals surface area contributed by atoms with Crippen LogP contribution in [0.1, 0.15) is 51.0 Å². The molecule has 126 valence electrons. The van der Waals surface area contributed by atoms with Crippen molar-refractivity contribution in [2.75, 3.05) is 19.6 Å². The van der Waals surface area contributed by atoms with E-state index in [0.717, 1.165) is 32.5 Å². The molecule has 0 bridgehead atoms. The summed E-state index contributed by atoms with van der Waals surface area (Å²) in [5, 5.41) is 3.08. The molecule has 0 unspecified atom stereocenters. The van der Waals surface area contributed by atoms with Crippen LogP contribution in [0, 0.1) is 0 Å². The molecule has 3 nitrogen and oxygen atoms in total. The average Bonchev–Trinajstić information content (AvgIpc) is 2.57. The fourth-order valence-electron chi connectivity index (χ4n) is 3.13. The first-order valence-corrected chi connectivity index (χ1v) is 8.99. The van der Waals surface area contributed by atoms with E-state index in [1.54, 1.807) is 0 Å². The lowest BCUT2D eigenvalue weighted by atomic mass is 9.97. The molecule has 1 aliphatic carbocycles. The molecule has 1 aromatic carbocycles. The Morgan fingerprint density at radius 2 is 2.04 bits per heavy atom. The van der Waals surface area contributed by atoms with Crippen LogP contribution in [0.2, 0.25) is 0 Å². The molecule has 0 saturated heterocycles. The molecule has 0 radical (unpaired) electrons. The average molecular weight is 314 g/mol. The summed E-state index contributed by atoms with van der Waals surface area (Å²) >= 11 is 0. The van der Waals surface area contributed by atoms with E-state index in [-0.39, 0.29) is 5.91 Å². The highest BCUT2D eigenvalue weighted by molar-refractivity contribution is 5.78. The van der Waals surface area contributed by atoms with Crippen molar-refractivity contribution in [1.82, 2.24) is 10.2 Å². The van der Waals surface area contributed by atoms with Crippen molar-refractivity contribution >= 4 is 5.91 Å². The zero-order chi connectivity index (χ0) is 16.3. The van der Waals surface area contributed by atoms with Gasteiger partial charge in [-0.05, 0) is 50.6 Å². The number of allylic oxidation sites excluding steroid dienone is 1. The van der Waals surface area contributed by atoms with Crippen LogP contribution in [0.25, 0.3) is 0 Å². The van der Waals surface area contributed by atoms with Crippen LogP contribution in [-0.4, -0.2) is 30.4 Å². The Bertz CT molecular complexity index is 496. The van der Waals surface area contributed by atoms with Crippen LogP contribution >= 0.6 is 0 Å². The summed E-state index contributed by atoms with van der Waals surface area (Å²) in [5.74, 6) is 0.144. The highest BCUT2D eigenvalue weighted by Gasteiger charge is 2.11. The first kappa shape index (κ1) is 17.7. The minimum Gasteiger partial charge on any atom is -0.355 e. The van der Waals surface area contributed by atoms with Crippen LogP contribution in [-0.2, 0) is 11.3 Å². The molecule has 0 aromatic heterocycles. The second-order valence-electron chi connectivity index (χ2n) is 6.40. The molecule has 1 N–H and O–H groups in total. The normalized spacial score (nSPS) is 14.6. The second-order valence-corrected chi connectivity index (χ2v) is 6.40. The van der Waals surface area contributed by atoms with Crippen LogP contribution < -0.4 is 5.32 Å². The van der Waals surface area contributed by atoms with E-state index >= 15 is 0 Å². The van der Waals surface area contributed by atoms with Crippen LogP contribution in [0.5, 0.6) is 0 Å². The van der Waals surface area contributed by atoms with Gasteiger partial charge in [-0.25, -0.2) is 0 Å². The van der Waals surface area contributed by atoms with Gasteiger partial charge in [-0.1, -0.05) is 48.9 Å². The largest absolute Gasteiger partial charge is 0.355 e. The van der Waals surface area contributed by atoms with Gasteiger partial charge in [-0.3, -0.25) is 9.69 Å². The molecule has 0 spiro atoms. The summed E-state index contributed by atoms with van der Waals surface area (Å²) in [7, 11) is 0. The maximum absolute atomic E-state index is 12.2. The molecule has 0 atom stereocenters. The predicted molar refractivity (Wildman–Crippen MR) is 96.2 cm³/mol. The van der Waals surface area contributed by atoms with Gasteiger partial charge in [0.05, 0.1) is 6.54 Å². The first-order valence-electron chi connectivity index (χ1n) is 8.99. The van der Waals surface area contributed by atoms with Gasteiger partial charge in [0.15, 0.2) is 0 Å². The van der Waals surface area contributed by atoms with Crippen molar-refractivity contribution in [2.24, 2.45) is 0 Å². The lowest BCUT2D eigenvalue weighted by Crippen LogP contribution is -2.37. The van der Waals surface area contributed by atoms with Crippen LogP contribution in [0.15, 0.2) is 42.0 Å². The number of benzene rings is 1. The van der Waals surface area contributed by atoms with Crippen molar-refractivity contribution in [2.45, 2.75) is 52.0 Å². The third kappa shape index (κ3) is 7.00. The first-order chi connectivity index (χ1) is 11.3. The number of carbonyl (C=O) groups is 1. The minimum absolute atomic E-state index is 0.144. The van der Waals surface area contributed by atoms with E-state index in [1.807, 2.05) is 6.07 Å². The van der Waals surface area contributed by atoms with Gasteiger partial charge >= 0.3 is 0 Å². The smallest absolute Gasteiger partial charge is 0.234 e. The van der Waals surface area contributed by atoms with E-state index < -0.39 is 0 Å². The van der Waals surface area contributed by atoms with E-state index in [0.29, 0.717) is 6.54 Å². The van der Waals surface area contributed by atoms with Gasteiger partial charge < -0.3 is 5.32 Å². The van der Waals surface area contributed by atoms with Gasteiger partial charge in [0.1, 0.15) is 0 Å². The Balaban J connectivity index is 1.72. The number of nitrogens with one attached hydrogen (secondary N) is 1. The molecule has 0 saturated carbocycles. The Hall–Kier alpha value is -1.61. The third-order valence-electron chi connectivity index (χ3n) is 4.31. The standard InChI is InChI=1S/C20H30N2O/c1-2-15-22(16-19-11-7-4-8-12-19)17-20(23)21-14-13-18-9-5-3-6-10-18/h4,7-9,11-12H,2-3,5-6,10,13-17H2,1H3,(H,21,23). The van der Waals surface area contributed by atoms with Crippen LogP contribution in [0.3, 0.4) is 0 Å². The third-order valence-corrected chi connectivity index (χ3v) is 4.31. The zero-order valence-corrected chi connectivity index (χ0v) is 14.4. The van der Waals surface area contributed by atoms with Gasteiger partial charge in [-0.2, -0.15) is 0 Å². The SMILES string of the molecule is CCCN(CC(=O)NCCC1=CCCCC1)Cc1ccccc1. The molecule has 1 aromatic rings. The summed E-state index contributed by atoms with van der Waals surface area (Å²) in [6.07, 6.45) is 9.48. The molecular formula is C20H30N2O. The Kier molecular flexibility index (Phi) is 7.88. The lowest BCUT2D eigenvalue weighted by molar-refractivity contribution is -0.122. The molecule has 0 aliphatic heterocycles. The Labute approximate surface area is 140 Å². The maximum Gasteiger partial charge on any atom is 0.234 e. The van der Waals surface area contributed by atoms with E-state index in [1.165, 1.54) is 36.8 Å². The lowest BCUT2D eigenvalue weighted by Gasteiger charge is -2.21. The van der Waals surface area contributed by atoms with Crippen molar-refractivity contribution in [3.05, 3.63) is 47.5 Å². The fourth-order valence-corrected chi connectivity index (χ4v) is 3.13. The summed E-state index contributed by atoms with van der Waals surface area (Å²) in [4.78, 5) is 14.4. The summed E-state index contributed by atoms with van der Waals surface area (Å²) in [5.41, 5.74) is 2.78. The number of amides is 1. The van der Waals surface area contributed by atoms with Gasteiger partial charge in [0, 0.05) is 13.1 Å². The molecule has 3 heteroatoms. The fraction of sp³-hybridized carbons (Fsp3) is 0.550. The van der Waals surface area contributed by atoms with Crippen molar-refractivity contribution < 1.29 is 4.79 Å². The molecule has 1 amide bonds. The number of carbonyl (C=O) groups excluding carboxylic acids is 1. The summed E-state index contributed by atoms with van der Waals surface area (Å²) in [6, 6.07) is 10.4. The second kappa shape index (κ2) is 10.2. The molecule has 2 rings (SSSR count). The quantitative estimate of drug-likeness (QED) is 0.701. The van der Waals surface area contributed by atoms with Crippen molar-refractivity contribution in [1.29, 1.82) is 0 Å². The molecular weight excluding hydrogens is 284 g/mol. The molecule has 0 heterocycles. The highest BCUT2D eigenvalue weighted by Crippen LogP contribution is 2.19. The zero-order valence-electron chi connectivity index (χ0n) is 14.4. The van der Waals surface area contributed by atoms with E-state index in [4.69, 9.17) is 0 Å². The van der Waals surface area contributed by atoms with Crippen molar-refractivity contribution in [3.8, 4) is 0 Å². The number of hydrogen-bond acceptors (Lipinski definition) is 2. The maximum atomic E-state index is 12.2. The number of rotatable bonds is 9. The Morgan fingerprint density at radius 1 is 1.22 bits per heavy atom. The summed E-state index contributed by atoms with van der Waals surface area (Å²) < 4.78 is 0. The van der Waals surface area contributed by atoms with Crippen LogP contribution in [0.4, 0.5) is 0 Å². The van der Waals surface area contributed by atoms with Crippen molar-refractivity contribution in [3.63, 3.8) is 0 Å². The van der Waals surface area contributed by atoms with Gasteiger partial charge in [-0.15, -0.1) is 0 Å². The predicted octanol–water partition coefficient (Wildman–Crippen LogP) is 3.91. The molecule has 0 fully saturated rings. The Morgan fingerprint density at radius 3 is 2.74 bits per heavy atom. The molecule has 23 heavy (non-hydrogen) atoms. The van der Waals surface area contributed by atoms with E-state index in [9.17, 15) is 4.79 Å². The number of nitrogens with zero attached hydrogens (tertiary/aromatic N) is 1. The van der Waals surface area contributed by atoms with E-state index in [2.05, 4.69) is 47.5 Å². The number of hydrogen-bond donors (Lipinski definition) is 1. The summed E-state index contributed by atoms with van der Waals surface area (Å²) in [6.45, 7) is 5.21. The highest BCUT2D eigenvalue weighted by atomic mass is 16.2. The van der Waals surface area contributed by atoms with Gasteiger partial charge in [0.25, 0.3) is 0 Å².